The van der Waals surface area contributed by atoms with Crippen molar-refractivity contribution in [3.63, 3.8) is 0 Å². The topological polar surface area (TPSA) is 48.9 Å². The Kier molecular flexibility index (Phi) is 2.45. The van der Waals surface area contributed by atoms with E-state index in [1.54, 1.807) is 12.4 Å². The van der Waals surface area contributed by atoms with Crippen LogP contribution < -0.4 is 0 Å². The molecule has 0 aromatic carbocycles. The van der Waals surface area contributed by atoms with Crippen molar-refractivity contribution in [3.05, 3.63) is 18.0 Å². The quantitative estimate of drug-likeness (QED) is 0.650. The average Bonchev–Trinajstić information content (AvgIpc) is 2.40. The van der Waals surface area contributed by atoms with Gasteiger partial charge in [0.1, 0.15) is 0 Å². The number of H-pyrrole nitrogens is 1. The van der Waals surface area contributed by atoms with Gasteiger partial charge in [-0.25, -0.2) is 0 Å². The molecule has 1 unspecified atom stereocenters. The van der Waals surface area contributed by atoms with E-state index in [9.17, 15) is 5.11 Å². The SMILES string of the molecule is CCC(O)Cc1cn[nH]c1. The van der Waals surface area contributed by atoms with Crippen LogP contribution >= 0.6 is 0 Å². The summed E-state index contributed by atoms with van der Waals surface area (Å²) in [6.07, 6.45) is 4.81. The van der Waals surface area contributed by atoms with Gasteiger partial charge < -0.3 is 5.11 Å². The lowest BCUT2D eigenvalue weighted by Crippen LogP contribution is -2.07. The molecule has 3 heteroatoms. The van der Waals surface area contributed by atoms with Gasteiger partial charge in [-0.3, -0.25) is 5.10 Å². The van der Waals surface area contributed by atoms with Crippen LogP contribution in [-0.4, -0.2) is 21.4 Å². The number of aliphatic hydroxyl groups excluding tert-OH is 1. The molecule has 0 fully saturated rings. The van der Waals surface area contributed by atoms with E-state index in [1.807, 2.05) is 6.92 Å². The summed E-state index contributed by atoms with van der Waals surface area (Å²) >= 11 is 0. The van der Waals surface area contributed by atoms with Crippen molar-refractivity contribution in [3.8, 4) is 0 Å². The van der Waals surface area contributed by atoms with Gasteiger partial charge in [-0.1, -0.05) is 6.92 Å². The summed E-state index contributed by atoms with van der Waals surface area (Å²) in [6.45, 7) is 1.96. The van der Waals surface area contributed by atoms with Crippen molar-refractivity contribution in [2.24, 2.45) is 0 Å². The van der Waals surface area contributed by atoms with Gasteiger partial charge in [-0.05, 0) is 12.0 Å². The maximum absolute atomic E-state index is 9.19. The Labute approximate surface area is 60.1 Å². The Hall–Kier alpha value is -0.830. The van der Waals surface area contributed by atoms with Crippen molar-refractivity contribution in [1.29, 1.82) is 0 Å². The second kappa shape index (κ2) is 3.37. The van der Waals surface area contributed by atoms with Gasteiger partial charge in [0.05, 0.1) is 12.3 Å². The Balaban J connectivity index is 2.40. The van der Waals surface area contributed by atoms with E-state index in [4.69, 9.17) is 0 Å². The largest absolute Gasteiger partial charge is 0.393 e. The van der Waals surface area contributed by atoms with Crippen LogP contribution in [0.2, 0.25) is 0 Å². The summed E-state index contributed by atoms with van der Waals surface area (Å²) in [5.74, 6) is 0. The molecule has 0 amide bonds. The van der Waals surface area contributed by atoms with Crippen molar-refractivity contribution < 1.29 is 5.11 Å². The third kappa shape index (κ3) is 1.84. The first-order chi connectivity index (χ1) is 4.83. The highest BCUT2D eigenvalue weighted by Gasteiger charge is 2.01. The van der Waals surface area contributed by atoms with E-state index in [0.29, 0.717) is 6.42 Å². The van der Waals surface area contributed by atoms with Crippen molar-refractivity contribution in [2.45, 2.75) is 25.9 Å². The zero-order valence-electron chi connectivity index (χ0n) is 6.04. The second-order valence-corrected chi connectivity index (χ2v) is 2.37. The minimum atomic E-state index is -0.224. The number of hydrogen-bond acceptors (Lipinski definition) is 2. The number of aliphatic hydroxyl groups is 1. The van der Waals surface area contributed by atoms with Crippen LogP contribution in [0.1, 0.15) is 18.9 Å². The van der Waals surface area contributed by atoms with Crippen LogP contribution in [0, 0.1) is 0 Å². The fourth-order valence-corrected chi connectivity index (χ4v) is 0.806. The molecule has 0 bridgehead atoms. The molecule has 1 rings (SSSR count). The van der Waals surface area contributed by atoms with Crippen molar-refractivity contribution in [1.82, 2.24) is 10.2 Å². The summed E-state index contributed by atoms with van der Waals surface area (Å²) in [4.78, 5) is 0. The molecule has 0 aliphatic carbocycles. The van der Waals surface area contributed by atoms with Gasteiger partial charge in [-0.15, -0.1) is 0 Å². The van der Waals surface area contributed by atoms with E-state index < -0.39 is 0 Å². The van der Waals surface area contributed by atoms with Gasteiger partial charge >= 0.3 is 0 Å². The van der Waals surface area contributed by atoms with E-state index in [1.165, 1.54) is 0 Å². The predicted octanol–water partition coefficient (Wildman–Crippen LogP) is 0.723. The molecule has 0 aliphatic heterocycles. The third-order valence-electron chi connectivity index (χ3n) is 1.50. The summed E-state index contributed by atoms with van der Waals surface area (Å²) in [5, 5.41) is 15.7. The number of aromatic amines is 1. The summed E-state index contributed by atoms with van der Waals surface area (Å²) in [7, 11) is 0. The number of nitrogens with one attached hydrogen (secondary N) is 1. The monoisotopic (exact) mass is 140 g/mol. The van der Waals surface area contributed by atoms with Crippen LogP contribution in [0.25, 0.3) is 0 Å². The lowest BCUT2D eigenvalue weighted by molar-refractivity contribution is 0.171. The first kappa shape index (κ1) is 7.28. The molecule has 2 N–H and O–H groups in total. The van der Waals surface area contributed by atoms with Gasteiger partial charge in [0, 0.05) is 12.6 Å². The Morgan fingerprint density at radius 1 is 1.80 bits per heavy atom. The highest BCUT2D eigenvalue weighted by molar-refractivity contribution is 5.03. The minimum absolute atomic E-state index is 0.224. The second-order valence-electron chi connectivity index (χ2n) is 2.37. The third-order valence-corrected chi connectivity index (χ3v) is 1.50. The van der Waals surface area contributed by atoms with Crippen LogP contribution in [0.5, 0.6) is 0 Å². The van der Waals surface area contributed by atoms with Crippen molar-refractivity contribution >= 4 is 0 Å². The summed E-state index contributed by atoms with van der Waals surface area (Å²) in [6, 6.07) is 0. The molecule has 1 aromatic heterocycles. The fourth-order valence-electron chi connectivity index (χ4n) is 0.806. The zero-order chi connectivity index (χ0) is 7.40. The zero-order valence-corrected chi connectivity index (χ0v) is 6.04. The molecule has 0 saturated carbocycles. The number of aromatic nitrogens is 2. The highest BCUT2D eigenvalue weighted by Crippen LogP contribution is 2.01. The summed E-state index contributed by atoms with van der Waals surface area (Å²) < 4.78 is 0. The van der Waals surface area contributed by atoms with E-state index in [-0.39, 0.29) is 6.10 Å². The average molecular weight is 140 g/mol. The Morgan fingerprint density at radius 2 is 2.60 bits per heavy atom. The molecule has 10 heavy (non-hydrogen) atoms. The van der Waals surface area contributed by atoms with Crippen LogP contribution in [0.4, 0.5) is 0 Å². The molecular formula is C7H12N2O. The van der Waals surface area contributed by atoms with Gasteiger partial charge in [0.25, 0.3) is 0 Å². The maximum Gasteiger partial charge on any atom is 0.0579 e. The molecule has 0 spiro atoms. The molecule has 0 aliphatic rings. The van der Waals surface area contributed by atoms with E-state index in [2.05, 4.69) is 10.2 Å². The Bertz CT molecular complexity index is 172. The van der Waals surface area contributed by atoms with Crippen LogP contribution in [-0.2, 0) is 6.42 Å². The molecular weight excluding hydrogens is 128 g/mol. The van der Waals surface area contributed by atoms with Crippen molar-refractivity contribution in [2.75, 3.05) is 0 Å². The normalized spacial score (nSPS) is 13.4. The lowest BCUT2D eigenvalue weighted by atomic mass is 10.1. The van der Waals surface area contributed by atoms with Crippen LogP contribution in [0.3, 0.4) is 0 Å². The predicted molar refractivity (Wildman–Crippen MR) is 38.6 cm³/mol. The molecule has 0 radical (unpaired) electrons. The van der Waals surface area contributed by atoms with E-state index in [0.717, 1.165) is 12.0 Å². The Morgan fingerprint density at radius 3 is 3.10 bits per heavy atom. The molecule has 1 heterocycles. The smallest absolute Gasteiger partial charge is 0.0579 e. The van der Waals surface area contributed by atoms with Gasteiger partial charge in [-0.2, -0.15) is 5.10 Å². The summed E-state index contributed by atoms with van der Waals surface area (Å²) in [5.41, 5.74) is 1.06. The van der Waals surface area contributed by atoms with Gasteiger partial charge in [0.2, 0.25) is 0 Å². The van der Waals surface area contributed by atoms with Crippen LogP contribution in [0.15, 0.2) is 12.4 Å². The molecule has 56 valence electrons. The lowest BCUT2D eigenvalue weighted by Gasteiger charge is -2.03. The fraction of sp³-hybridized carbons (Fsp3) is 0.571. The standard InChI is InChI=1S/C7H12N2O/c1-2-7(10)3-6-4-8-9-5-6/h4-5,7,10H,2-3H2,1H3,(H,8,9). The first-order valence-electron chi connectivity index (χ1n) is 3.48. The molecule has 3 nitrogen and oxygen atoms in total. The van der Waals surface area contributed by atoms with Gasteiger partial charge in [0.15, 0.2) is 0 Å². The minimum Gasteiger partial charge on any atom is -0.393 e. The maximum atomic E-state index is 9.19. The first-order valence-corrected chi connectivity index (χ1v) is 3.48. The molecule has 0 saturated heterocycles. The molecule has 1 atom stereocenters. The highest BCUT2D eigenvalue weighted by atomic mass is 16.3. The number of rotatable bonds is 3. The number of hydrogen-bond donors (Lipinski definition) is 2. The molecule has 1 aromatic rings. The van der Waals surface area contributed by atoms with E-state index >= 15 is 0 Å². The number of nitrogens with zero attached hydrogens (tertiary/aromatic N) is 1.